The summed E-state index contributed by atoms with van der Waals surface area (Å²) in [4.78, 5) is 0. The van der Waals surface area contributed by atoms with Crippen molar-refractivity contribution in [3.8, 4) is 11.1 Å². The summed E-state index contributed by atoms with van der Waals surface area (Å²) in [6.45, 7) is 2.18. The van der Waals surface area contributed by atoms with Gasteiger partial charge in [0.1, 0.15) is 5.76 Å². The van der Waals surface area contributed by atoms with Crippen LogP contribution in [0.15, 0.2) is 39.8 Å². The molecule has 2 aromatic heterocycles. The second-order valence-electron chi connectivity index (χ2n) is 3.42. The van der Waals surface area contributed by atoms with E-state index in [-0.39, 0.29) is 0 Å². The van der Waals surface area contributed by atoms with Gasteiger partial charge in [0.15, 0.2) is 0 Å². The van der Waals surface area contributed by atoms with E-state index in [0.717, 1.165) is 23.3 Å². The number of unbranched alkanes of at least 4 members (excludes halogenated alkanes) is 1. The Morgan fingerprint density at radius 1 is 1.21 bits per heavy atom. The quantitative estimate of drug-likeness (QED) is 0.731. The number of rotatable bonds is 4. The molecule has 0 saturated heterocycles. The summed E-state index contributed by atoms with van der Waals surface area (Å²) in [6.07, 6.45) is 8.59. The Hall–Kier alpha value is -1.44. The van der Waals surface area contributed by atoms with E-state index in [1.165, 1.54) is 12.8 Å². The molecule has 0 aromatic carbocycles. The Balaban J connectivity index is 2.10. The average molecular weight is 190 g/mol. The van der Waals surface area contributed by atoms with Gasteiger partial charge in [0.05, 0.1) is 18.8 Å². The number of hydrogen-bond donors (Lipinski definition) is 0. The van der Waals surface area contributed by atoms with Crippen molar-refractivity contribution >= 4 is 0 Å². The van der Waals surface area contributed by atoms with E-state index in [0.29, 0.717) is 0 Å². The molecule has 0 saturated carbocycles. The van der Waals surface area contributed by atoms with Crippen LogP contribution in [0.4, 0.5) is 0 Å². The van der Waals surface area contributed by atoms with Gasteiger partial charge in [-0.05, 0) is 18.6 Å². The van der Waals surface area contributed by atoms with Gasteiger partial charge >= 0.3 is 0 Å². The molecule has 0 bridgehead atoms. The first-order valence-corrected chi connectivity index (χ1v) is 5.00. The van der Waals surface area contributed by atoms with Crippen LogP contribution in [0.1, 0.15) is 25.5 Å². The molecule has 2 nitrogen and oxygen atoms in total. The zero-order chi connectivity index (χ0) is 9.80. The van der Waals surface area contributed by atoms with Gasteiger partial charge in [-0.1, -0.05) is 13.3 Å². The van der Waals surface area contributed by atoms with Gasteiger partial charge < -0.3 is 8.83 Å². The molecule has 0 radical (unpaired) electrons. The van der Waals surface area contributed by atoms with Crippen molar-refractivity contribution in [2.45, 2.75) is 26.2 Å². The molecule has 0 aliphatic heterocycles. The molecule has 2 heterocycles. The molecule has 14 heavy (non-hydrogen) atoms. The minimum Gasteiger partial charge on any atom is -0.472 e. The van der Waals surface area contributed by atoms with E-state index in [4.69, 9.17) is 8.83 Å². The molecular weight excluding hydrogens is 176 g/mol. The Kier molecular flexibility index (Phi) is 2.73. The Morgan fingerprint density at radius 3 is 2.86 bits per heavy atom. The van der Waals surface area contributed by atoms with E-state index >= 15 is 0 Å². The van der Waals surface area contributed by atoms with Gasteiger partial charge in [-0.25, -0.2) is 0 Å². The maximum absolute atomic E-state index is 5.45. The predicted molar refractivity (Wildman–Crippen MR) is 55.0 cm³/mol. The maximum atomic E-state index is 5.45. The average Bonchev–Trinajstić information content (AvgIpc) is 2.85. The molecule has 0 aliphatic carbocycles. The maximum Gasteiger partial charge on any atom is 0.104 e. The highest BCUT2D eigenvalue weighted by molar-refractivity contribution is 5.61. The first kappa shape index (κ1) is 9.13. The highest BCUT2D eigenvalue weighted by atomic mass is 16.3. The van der Waals surface area contributed by atoms with Gasteiger partial charge in [-0.3, -0.25) is 0 Å². The zero-order valence-electron chi connectivity index (χ0n) is 8.32. The van der Waals surface area contributed by atoms with Crippen molar-refractivity contribution in [1.29, 1.82) is 0 Å². The second-order valence-corrected chi connectivity index (χ2v) is 3.42. The van der Waals surface area contributed by atoms with Crippen LogP contribution in [0.25, 0.3) is 11.1 Å². The van der Waals surface area contributed by atoms with E-state index in [2.05, 4.69) is 13.0 Å². The fraction of sp³-hybridized carbons (Fsp3) is 0.333. The van der Waals surface area contributed by atoms with E-state index < -0.39 is 0 Å². The molecule has 2 aromatic rings. The zero-order valence-corrected chi connectivity index (χ0v) is 8.32. The smallest absolute Gasteiger partial charge is 0.104 e. The van der Waals surface area contributed by atoms with Gasteiger partial charge in [-0.2, -0.15) is 0 Å². The summed E-state index contributed by atoms with van der Waals surface area (Å²) < 4.78 is 10.5. The molecule has 0 fully saturated rings. The first-order chi connectivity index (χ1) is 6.90. The van der Waals surface area contributed by atoms with E-state index in [1.54, 1.807) is 18.8 Å². The summed E-state index contributed by atoms with van der Waals surface area (Å²) in [7, 11) is 0. The summed E-state index contributed by atoms with van der Waals surface area (Å²) in [6, 6.07) is 4.02. The molecule has 0 aliphatic rings. The van der Waals surface area contributed by atoms with Crippen molar-refractivity contribution in [2.24, 2.45) is 0 Å². The SMILES string of the molecule is CCCCc1cc(-c2ccoc2)co1. The largest absolute Gasteiger partial charge is 0.472 e. The summed E-state index contributed by atoms with van der Waals surface area (Å²) >= 11 is 0. The monoisotopic (exact) mass is 190 g/mol. The molecule has 2 heteroatoms. The van der Waals surface area contributed by atoms with Crippen LogP contribution in [-0.2, 0) is 6.42 Å². The molecule has 0 unspecified atom stereocenters. The van der Waals surface area contributed by atoms with Crippen LogP contribution in [0.2, 0.25) is 0 Å². The van der Waals surface area contributed by atoms with Crippen molar-refractivity contribution in [2.75, 3.05) is 0 Å². The standard InChI is InChI=1S/C12H14O2/c1-2-3-4-12-7-11(9-14-12)10-5-6-13-8-10/h5-9H,2-4H2,1H3. The second kappa shape index (κ2) is 4.18. The van der Waals surface area contributed by atoms with Crippen LogP contribution in [0, 0.1) is 0 Å². The van der Waals surface area contributed by atoms with Crippen molar-refractivity contribution in [3.63, 3.8) is 0 Å². The fourth-order valence-corrected chi connectivity index (χ4v) is 1.44. The summed E-state index contributed by atoms with van der Waals surface area (Å²) in [5, 5.41) is 0. The number of hydrogen-bond acceptors (Lipinski definition) is 2. The predicted octanol–water partition coefficient (Wildman–Crippen LogP) is 3.88. The minimum atomic E-state index is 1.02. The lowest BCUT2D eigenvalue weighted by atomic mass is 10.1. The fourth-order valence-electron chi connectivity index (χ4n) is 1.44. The molecule has 0 N–H and O–H groups in total. The Bertz CT molecular complexity index is 371. The Labute approximate surface area is 83.5 Å². The normalized spacial score (nSPS) is 10.6. The van der Waals surface area contributed by atoms with Gasteiger partial charge in [-0.15, -0.1) is 0 Å². The van der Waals surface area contributed by atoms with E-state index in [9.17, 15) is 0 Å². The third kappa shape index (κ3) is 1.90. The lowest BCUT2D eigenvalue weighted by molar-refractivity contribution is 0.501. The first-order valence-electron chi connectivity index (χ1n) is 5.00. The van der Waals surface area contributed by atoms with Crippen LogP contribution < -0.4 is 0 Å². The van der Waals surface area contributed by atoms with E-state index in [1.807, 2.05) is 6.07 Å². The van der Waals surface area contributed by atoms with Crippen LogP contribution >= 0.6 is 0 Å². The van der Waals surface area contributed by atoms with Crippen LogP contribution in [0.3, 0.4) is 0 Å². The summed E-state index contributed by atoms with van der Waals surface area (Å²) in [5.74, 6) is 1.06. The van der Waals surface area contributed by atoms with Gasteiger partial charge in [0.2, 0.25) is 0 Å². The Morgan fingerprint density at radius 2 is 2.14 bits per heavy atom. The minimum absolute atomic E-state index is 1.02. The molecule has 2 rings (SSSR count). The van der Waals surface area contributed by atoms with Crippen molar-refractivity contribution in [1.82, 2.24) is 0 Å². The van der Waals surface area contributed by atoms with Crippen LogP contribution in [-0.4, -0.2) is 0 Å². The number of furan rings is 2. The molecule has 0 atom stereocenters. The lowest BCUT2D eigenvalue weighted by Crippen LogP contribution is -1.78. The molecule has 74 valence electrons. The molecule has 0 spiro atoms. The third-order valence-electron chi connectivity index (χ3n) is 2.28. The summed E-state index contributed by atoms with van der Waals surface area (Å²) in [5.41, 5.74) is 2.18. The van der Waals surface area contributed by atoms with Crippen molar-refractivity contribution < 1.29 is 8.83 Å². The number of aryl methyl sites for hydroxylation is 1. The highest BCUT2D eigenvalue weighted by Crippen LogP contribution is 2.23. The third-order valence-corrected chi connectivity index (χ3v) is 2.28. The van der Waals surface area contributed by atoms with Crippen molar-refractivity contribution in [3.05, 3.63) is 36.7 Å². The van der Waals surface area contributed by atoms with Crippen LogP contribution in [0.5, 0.6) is 0 Å². The topological polar surface area (TPSA) is 26.3 Å². The van der Waals surface area contributed by atoms with Gasteiger partial charge in [0, 0.05) is 17.5 Å². The highest BCUT2D eigenvalue weighted by Gasteiger charge is 2.04. The lowest BCUT2D eigenvalue weighted by Gasteiger charge is -1.90. The molecule has 0 amide bonds. The molecular formula is C12H14O2. The van der Waals surface area contributed by atoms with Gasteiger partial charge in [0.25, 0.3) is 0 Å².